The molecule has 2 aromatic carbocycles. The molecular weight excluding hydrogens is 396 g/mol. The number of methoxy groups -OCH3 is 1. The molecule has 0 aliphatic rings. The second-order valence-electron chi connectivity index (χ2n) is 8.01. The van der Waals surface area contributed by atoms with Gasteiger partial charge in [-0.05, 0) is 68.3 Å². The van der Waals surface area contributed by atoms with Gasteiger partial charge in [0, 0.05) is 0 Å². The van der Waals surface area contributed by atoms with E-state index >= 15 is 0 Å². The number of carbonyl (C=O) groups is 1. The van der Waals surface area contributed by atoms with E-state index in [2.05, 4.69) is 9.97 Å². The largest absolute Gasteiger partial charge is 0.497 e. The van der Waals surface area contributed by atoms with Gasteiger partial charge in [0.05, 0.1) is 12.5 Å². The number of rotatable bonds is 4. The molecule has 0 saturated carbocycles. The lowest BCUT2D eigenvalue weighted by molar-refractivity contribution is -0.142. The van der Waals surface area contributed by atoms with E-state index < -0.39 is 16.5 Å². The van der Waals surface area contributed by atoms with Gasteiger partial charge in [0.1, 0.15) is 22.2 Å². The topological polar surface area (TPSA) is 101 Å². The highest BCUT2D eigenvalue weighted by Gasteiger charge is 2.23. The number of hydrogen-bond acceptors (Lipinski definition) is 5. The number of carbonyl (C=O) groups excluding carboxylic acids is 1. The van der Waals surface area contributed by atoms with E-state index in [1.54, 1.807) is 88.6 Å². The summed E-state index contributed by atoms with van der Waals surface area (Å²) in [6, 6.07) is 13.8. The van der Waals surface area contributed by atoms with Gasteiger partial charge in [-0.1, -0.05) is 24.3 Å². The normalized spacial score (nSPS) is 12.6. The summed E-state index contributed by atoms with van der Waals surface area (Å²) in [7, 11) is 1.57. The van der Waals surface area contributed by atoms with Crippen LogP contribution in [0.25, 0.3) is 12.2 Å². The second-order valence-corrected chi connectivity index (χ2v) is 8.01. The third-order valence-corrected chi connectivity index (χ3v) is 4.43. The summed E-state index contributed by atoms with van der Waals surface area (Å²) >= 11 is 0. The Bertz CT molecular complexity index is 1310. The zero-order valence-corrected chi connectivity index (χ0v) is 17.8. The third kappa shape index (κ3) is 5.60. The number of aromatic amines is 2. The number of hydrogen-bond donors (Lipinski definition) is 2. The van der Waals surface area contributed by atoms with Gasteiger partial charge in [0.15, 0.2) is 0 Å². The SMILES string of the molecule is COc1ccc(/C=c2\[nH]c(=O)/c(=C/c3ccc(OC(=O)C(C)(C)C)cc3)[nH]c2=O)cc1. The Kier molecular flexibility index (Phi) is 6.25. The van der Waals surface area contributed by atoms with Gasteiger partial charge in [-0.25, -0.2) is 0 Å². The Morgan fingerprint density at radius 1 is 0.774 bits per heavy atom. The minimum absolute atomic E-state index is 0.122. The van der Waals surface area contributed by atoms with Gasteiger partial charge in [0.2, 0.25) is 0 Å². The van der Waals surface area contributed by atoms with Crippen molar-refractivity contribution in [2.45, 2.75) is 20.8 Å². The molecule has 0 unspecified atom stereocenters. The quantitative estimate of drug-likeness (QED) is 0.494. The molecule has 0 aliphatic carbocycles. The Labute approximate surface area is 178 Å². The molecule has 31 heavy (non-hydrogen) atoms. The molecule has 7 nitrogen and oxygen atoms in total. The van der Waals surface area contributed by atoms with Crippen LogP contribution >= 0.6 is 0 Å². The molecule has 0 amide bonds. The van der Waals surface area contributed by atoms with E-state index in [4.69, 9.17) is 9.47 Å². The van der Waals surface area contributed by atoms with Gasteiger partial charge in [-0.2, -0.15) is 0 Å². The number of benzene rings is 2. The first-order valence-corrected chi connectivity index (χ1v) is 9.68. The summed E-state index contributed by atoms with van der Waals surface area (Å²) in [5.74, 6) is 0.765. The van der Waals surface area contributed by atoms with Crippen LogP contribution in [-0.4, -0.2) is 23.0 Å². The highest BCUT2D eigenvalue weighted by atomic mass is 16.5. The molecule has 3 aromatic rings. The van der Waals surface area contributed by atoms with Gasteiger partial charge in [-0.15, -0.1) is 0 Å². The predicted molar refractivity (Wildman–Crippen MR) is 119 cm³/mol. The maximum atomic E-state index is 12.4. The first-order chi connectivity index (χ1) is 14.7. The van der Waals surface area contributed by atoms with Crippen molar-refractivity contribution in [2.75, 3.05) is 7.11 Å². The van der Waals surface area contributed by atoms with Crippen molar-refractivity contribution < 1.29 is 14.3 Å². The van der Waals surface area contributed by atoms with Crippen molar-refractivity contribution in [2.24, 2.45) is 5.41 Å². The van der Waals surface area contributed by atoms with Crippen LogP contribution in [0.15, 0.2) is 58.1 Å². The van der Waals surface area contributed by atoms with Crippen molar-refractivity contribution in [3.8, 4) is 11.5 Å². The lowest BCUT2D eigenvalue weighted by atomic mass is 9.97. The van der Waals surface area contributed by atoms with Crippen molar-refractivity contribution in [3.63, 3.8) is 0 Å². The number of nitrogens with one attached hydrogen (secondary N) is 2. The highest BCUT2D eigenvalue weighted by Crippen LogP contribution is 2.19. The summed E-state index contributed by atoms with van der Waals surface area (Å²) in [4.78, 5) is 42.0. The van der Waals surface area contributed by atoms with Gasteiger partial charge >= 0.3 is 5.97 Å². The summed E-state index contributed by atoms with van der Waals surface area (Å²) in [5, 5.41) is 0.271. The van der Waals surface area contributed by atoms with Crippen molar-refractivity contribution in [3.05, 3.63) is 91.1 Å². The molecule has 160 valence electrons. The molecule has 0 atom stereocenters. The molecule has 1 aromatic heterocycles. The number of esters is 1. The molecule has 0 spiro atoms. The van der Waals surface area contributed by atoms with Crippen LogP contribution < -0.4 is 31.3 Å². The maximum Gasteiger partial charge on any atom is 0.316 e. The molecule has 0 saturated heterocycles. The van der Waals surface area contributed by atoms with Crippen molar-refractivity contribution in [1.82, 2.24) is 9.97 Å². The first-order valence-electron chi connectivity index (χ1n) is 9.68. The lowest BCUT2D eigenvalue weighted by Crippen LogP contribution is -2.46. The third-order valence-electron chi connectivity index (χ3n) is 4.43. The summed E-state index contributed by atoms with van der Waals surface area (Å²) in [5.41, 5.74) is -0.0371. The monoisotopic (exact) mass is 420 g/mol. The van der Waals surface area contributed by atoms with Gasteiger partial charge < -0.3 is 19.4 Å². The van der Waals surface area contributed by atoms with Crippen LogP contribution in [-0.2, 0) is 4.79 Å². The number of ether oxygens (including phenoxy) is 2. The highest BCUT2D eigenvalue weighted by molar-refractivity contribution is 5.77. The molecule has 3 rings (SSSR count). The lowest BCUT2D eigenvalue weighted by Gasteiger charge is -2.16. The molecule has 0 fully saturated rings. The molecule has 0 aliphatic heterocycles. The Morgan fingerprint density at radius 3 is 1.58 bits per heavy atom. The fourth-order valence-electron chi connectivity index (χ4n) is 2.62. The standard InChI is InChI=1S/C24H24N2O5/c1-24(2,3)23(29)31-18-11-7-16(8-12-18)14-20-22(28)25-19(21(27)26-20)13-15-5-9-17(30-4)10-6-15/h5-14H,1-4H3,(H,25,28)(H,26,27)/b19-13-,20-14-. The minimum Gasteiger partial charge on any atom is -0.497 e. The van der Waals surface area contributed by atoms with Crippen LogP contribution in [0.5, 0.6) is 11.5 Å². The first kappa shape index (κ1) is 21.8. The van der Waals surface area contributed by atoms with Crippen LogP contribution in [0.1, 0.15) is 31.9 Å². The second kappa shape index (κ2) is 8.87. The molecule has 7 heteroatoms. The van der Waals surface area contributed by atoms with E-state index in [9.17, 15) is 14.4 Å². The van der Waals surface area contributed by atoms with E-state index in [1.807, 2.05) is 0 Å². The number of aromatic nitrogens is 2. The van der Waals surface area contributed by atoms with E-state index in [1.165, 1.54) is 0 Å². The van der Waals surface area contributed by atoms with Crippen LogP contribution in [0.2, 0.25) is 0 Å². The Hall–Kier alpha value is -3.87. The van der Waals surface area contributed by atoms with E-state index in [0.717, 1.165) is 5.56 Å². The van der Waals surface area contributed by atoms with Crippen molar-refractivity contribution >= 4 is 18.1 Å². The van der Waals surface area contributed by atoms with Gasteiger partial charge in [0.25, 0.3) is 11.1 Å². The average molecular weight is 420 g/mol. The fourth-order valence-corrected chi connectivity index (χ4v) is 2.62. The predicted octanol–water partition coefficient (Wildman–Crippen LogP) is 1.68. The fraction of sp³-hybridized carbons (Fsp3) is 0.208. The molecule has 2 N–H and O–H groups in total. The summed E-state index contributed by atoms with van der Waals surface area (Å²) in [6.45, 7) is 5.32. The van der Waals surface area contributed by atoms with E-state index in [0.29, 0.717) is 17.1 Å². The smallest absolute Gasteiger partial charge is 0.316 e. The average Bonchev–Trinajstić information content (AvgIpc) is 2.73. The molecule has 1 heterocycles. The Morgan fingerprint density at radius 2 is 1.19 bits per heavy atom. The van der Waals surface area contributed by atoms with E-state index in [-0.39, 0.29) is 16.7 Å². The summed E-state index contributed by atoms with van der Waals surface area (Å²) < 4.78 is 10.4. The molecule has 0 radical (unpaired) electrons. The van der Waals surface area contributed by atoms with Crippen LogP contribution in [0, 0.1) is 5.41 Å². The van der Waals surface area contributed by atoms with Crippen LogP contribution in [0.3, 0.4) is 0 Å². The minimum atomic E-state index is -0.609. The molecule has 0 bridgehead atoms. The number of H-pyrrole nitrogens is 2. The maximum absolute atomic E-state index is 12.4. The van der Waals surface area contributed by atoms with Gasteiger partial charge in [-0.3, -0.25) is 14.4 Å². The van der Waals surface area contributed by atoms with Crippen LogP contribution in [0.4, 0.5) is 0 Å². The zero-order valence-electron chi connectivity index (χ0n) is 17.8. The molecular formula is C24H24N2O5. The van der Waals surface area contributed by atoms with Crippen molar-refractivity contribution in [1.29, 1.82) is 0 Å². The summed E-state index contributed by atoms with van der Waals surface area (Å²) in [6.07, 6.45) is 3.13. The zero-order chi connectivity index (χ0) is 22.6. The Balaban J connectivity index is 1.89.